The predicted octanol–water partition coefficient (Wildman–Crippen LogP) is 5.34. The average Bonchev–Trinajstić information content (AvgIpc) is 3.33. The SMILES string of the molecule is CCC(CC)n1c(C[C@@H]2CCCO2)nc2c(NC(CC(C)C)C(=O)O)c(C)ccc21. The highest BCUT2D eigenvalue weighted by atomic mass is 16.5. The highest BCUT2D eigenvalue weighted by molar-refractivity contribution is 5.93. The molecule has 2 atom stereocenters. The summed E-state index contributed by atoms with van der Waals surface area (Å²) in [5.74, 6) is 0.518. The molecule has 2 aromatic rings. The molecule has 1 fully saturated rings. The van der Waals surface area contributed by atoms with Crippen molar-refractivity contribution in [1.29, 1.82) is 0 Å². The van der Waals surface area contributed by atoms with Crippen LogP contribution in [0.5, 0.6) is 0 Å². The quantitative estimate of drug-likeness (QED) is 0.548. The lowest BCUT2D eigenvalue weighted by molar-refractivity contribution is -0.138. The summed E-state index contributed by atoms with van der Waals surface area (Å²) in [7, 11) is 0. The number of hydrogen-bond donors (Lipinski definition) is 2. The van der Waals surface area contributed by atoms with Crippen LogP contribution in [0.15, 0.2) is 12.1 Å². The van der Waals surface area contributed by atoms with E-state index in [-0.39, 0.29) is 12.0 Å². The Labute approximate surface area is 180 Å². The Bertz CT molecular complexity index is 864. The zero-order valence-electron chi connectivity index (χ0n) is 19.1. The number of anilines is 1. The molecule has 6 heteroatoms. The molecule has 0 bridgehead atoms. The summed E-state index contributed by atoms with van der Waals surface area (Å²) in [5, 5.41) is 13.1. The first-order valence-corrected chi connectivity index (χ1v) is 11.5. The monoisotopic (exact) mass is 415 g/mol. The van der Waals surface area contributed by atoms with Crippen LogP contribution < -0.4 is 5.32 Å². The number of nitrogens with one attached hydrogen (secondary N) is 1. The van der Waals surface area contributed by atoms with Gasteiger partial charge in [0.05, 0.1) is 17.3 Å². The van der Waals surface area contributed by atoms with E-state index in [2.05, 4.69) is 35.9 Å². The van der Waals surface area contributed by atoms with Crippen molar-refractivity contribution >= 4 is 22.7 Å². The summed E-state index contributed by atoms with van der Waals surface area (Å²) in [6.07, 6.45) is 5.84. The molecule has 2 N–H and O–H groups in total. The fraction of sp³-hybridized carbons (Fsp3) is 0.667. The molecule has 0 amide bonds. The lowest BCUT2D eigenvalue weighted by Gasteiger charge is -2.21. The fourth-order valence-electron chi connectivity index (χ4n) is 4.57. The van der Waals surface area contributed by atoms with E-state index in [0.29, 0.717) is 12.5 Å². The number of fused-ring (bicyclic) bond motifs is 1. The number of benzene rings is 1. The van der Waals surface area contributed by atoms with Gasteiger partial charge in [0.25, 0.3) is 0 Å². The van der Waals surface area contributed by atoms with Crippen LogP contribution in [-0.2, 0) is 16.0 Å². The topological polar surface area (TPSA) is 76.4 Å². The molecule has 0 aliphatic carbocycles. The van der Waals surface area contributed by atoms with Crippen LogP contribution in [0.25, 0.3) is 11.0 Å². The van der Waals surface area contributed by atoms with Crippen LogP contribution >= 0.6 is 0 Å². The minimum atomic E-state index is -0.820. The molecule has 0 saturated carbocycles. The lowest BCUT2D eigenvalue weighted by atomic mass is 10.0. The molecule has 1 unspecified atom stereocenters. The molecule has 30 heavy (non-hydrogen) atoms. The number of ether oxygens (including phenoxy) is 1. The third-order valence-electron chi connectivity index (χ3n) is 6.21. The van der Waals surface area contributed by atoms with Crippen molar-refractivity contribution in [2.75, 3.05) is 11.9 Å². The third kappa shape index (κ3) is 4.80. The van der Waals surface area contributed by atoms with Gasteiger partial charge in [-0.1, -0.05) is 33.8 Å². The maximum Gasteiger partial charge on any atom is 0.326 e. The van der Waals surface area contributed by atoms with Crippen LogP contribution in [0.4, 0.5) is 5.69 Å². The van der Waals surface area contributed by atoms with Crippen LogP contribution in [0.2, 0.25) is 0 Å². The molecule has 1 aliphatic rings. The van der Waals surface area contributed by atoms with Crippen LogP contribution in [0.3, 0.4) is 0 Å². The van der Waals surface area contributed by atoms with Gasteiger partial charge in [0.2, 0.25) is 0 Å². The zero-order valence-corrected chi connectivity index (χ0v) is 19.1. The Morgan fingerprint density at radius 3 is 2.63 bits per heavy atom. The average molecular weight is 416 g/mol. The smallest absolute Gasteiger partial charge is 0.326 e. The second-order valence-electron chi connectivity index (χ2n) is 9.00. The minimum absolute atomic E-state index is 0.222. The first-order chi connectivity index (χ1) is 14.3. The Morgan fingerprint density at radius 1 is 1.33 bits per heavy atom. The van der Waals surface area contributed by atoms with E-state index in [1.807, 2.05) is 20.8 Å². The van der Waals surface area contributed by atoms with Gasteiger partial charge in [0.15, 0.2) is 0 Å². The molecule has 166 valence electrons. The fourth-order valence-corrected chi connectivity index (χ4v) is 4.57. The number of nitrogens with zero attached hydrogens (tertiary/aromatic N) is 2. The number of aryl methyl sites for hydroxylation is 1. The first kappa shape index (κ1) is 22.6. The number of aliphatic carboxylic acids is 1. The first-order valence-electron chi connectivity index (χ1n) is 11.5. The molecule has 0 spiro atoms. The largest absolute Gasteiger partial charge is 0.480 e. The van der Waals surface area contributed by atoms with E-state index in [4.69, 9.17) is 9.72 Å². The van der Waals surface area contributed by atoms with Crippen LogP contribution in [-0.4, -0.2) is 39.4 Å². The van der Waals surface area contributed by atoms with E-state index < -0.39 is 12.0 Å². The molecule has 6 nitrogen and oxygen atoms in total. The Morgan fingerprint density at radius 2 is 2.07 bits per heavy atom. The van der Waals surface area contributed by atoms with Crippen molar-refractivity contribution in [2.45, 2.75) is 91.3 Å². The molecule has 1 saturated heterocycles. The van der Waals surface area contributed by atoms with Crippen molar-refractivity contribution in [3.63, 3.8) is 0 Å². The molecule has 1 aromatic heterocycles. The number of carboxylic acid groups (broad SMARTS) is 1. The molecule has 2 heterocycles. The van der Waals surface area contributed by atoms with E-state index >= 15 is 0 Å². The van der Waals surface area contributed by atoms with Crippen molar-refractivity contribution in [3.05, 3.63) is 23.5 Å². The predicted molar refractivity (Wildman–Crippen MR) is 121 cm³/mol. The van der Waals surface area contributed by atoms with Gasteiger partial charge in [0, 0.05) is 19.1 Å². The van der Waals surface area contributed by atoms with Gasteiger partial charge in [-0.25, -0.2) is 9.78 Å². The van der Waals surface area contributed by atoms with E-state index in [0.717, 1.165) is 66.8 Å². The van der Waals surface area contributed by atoms with Crippen LogP contribution in [0, 0.1) is 12.8 Å². The summed E-state index contributed by atoms with van der Waals surface area (Å²) in [6, 6.07) is 3.95. The molecule has 1 aromatic carbocycles. The Hall–Kier alpha value is -2.08. The minimum Gasteiger partial charge on any atom is -0.480 e. The number of carboxylic acids is 1. The number of imidazole rings is 1. The number of carbonyl (C=O) groups is 1. The van der Waals surface area contributed by atoms with Gasteiger partial charge in [-0.15, -0.1) is 0 Å². The maximum absolute atomic E-state index is 11.9. The van der Waals surface area contributed by atoms with Crippen LogP contribution in [0.1, 0.15) is 77.2 Å². The normalized spacial score (nSPS) is 17.9. The molecular weight excluding hydrogens is 378 g/mol. The molecule has 3 rings (SSSR count). The number of aromatic nitrogens is 2. The number of rotatable bonds is 10. The summed E-state index contributed by atoms with van der Waals surface area (Å²) in [4.78, 5) is 17.0. The number of hydrogen-bond acceptors (Lipinski definition) is 4. The van der Waals surface area contributed by atoms with Crippen molar-refractivity contribution in [1.82, 2.24) is 9.55 Å². The van der Waals surface area contributed by atoms with E-state index in [1.165, 1.54) is 0 Å². The van der Waals surface area contributed by atoms with Gasteiger partial charge in [0.1, 0.15) is 17.4 Å². The third-order valence-corrected chi connectivity index (χ3v) is 6.21. The van der Waals surface area contributed by atoms with E-state index in [1.54, 1.807) is 0 Å². The van der Waals surface area contributed by atoms with Crippen molar-refractivity contribution in [3.8, 4) is 0 Å². The van der Waals surface area contributed by atoms with Gasteiger partial charge < -0.3 is 19.7 Å². The summed E-state index contributed by atoms with van der Waals surface area (Å²) >= 11 is 0. The zero-order chi connectivity index (χ0) is 21.8. The Kier molecular flexibility index (Phi) is 7.40. The molecular formula is C24H37N3O3. The van der Waals surface area contributed by atoms with Crippen molar-refractivity contribution in [2.24, 2.45) is 5.92 Å². The highest BCUT2D eigenvalue weighted by Crippen LogP contribution is 2.34. The Balaban J connectivity index is 2.09. The lowest BCUT2D eigenvalue weighted by Crippen LogP contribution is -2.31. The van der Waals surface area contributed by atoms with E-state index in [9.17, 15) is 9.90 Å². The summed E-state index contributed by atoms with van der Waals surface area (Å²) < 4.78 is 8.28. The van der Waals surface area contributed by atoms with Gasteiger partial charge in [-0.05, 0) is 56.6 Å². The van der Waals surface area contributed by atoms with Gasteiger partial charge in [-0.2, -0.15) is 0 Å². The molecule has 1 aliphatic heterocycles. The second-order valence-corrected chi connectivity index (χ2v) is 9.00. The standard InChI is InChI=1S/C24H37N3O3/c1-6-17(7-2)27-20-11-10-16(5)22(25-19(24(28)29)13-15(3)4)23(20)26-21(27)14-18-9-8-12-30-18/h10-11,15,17-19,25H,6-9,12-14H2,1-5H3,(H,28,29)/t18-,19?/m0/s1. The summed E-state index contributed by atoms with van der Waals surface area (Å²) in [6.45, 7) is 11.4. The maximum atomic E-state index is 11.9. The van der Waals surface area contributed by atoms with Gasteiger partial charge in [-0.3, -0.25) is 0 Å². The summed E-state index contributed by atoms with van der Waals surface area (Å²) in [5.41, 5.74) is 3.83. The van der Waals surface area contributed by atoms with Gasteiger partial charge >= 0.3 is 5.97 Å². The molecule has 0 radical (unpaired) electrons. The highest BCUT2D eigenvalue weighted by Gasteiger charge is 2.26. The van der Waals surface area contributed by atoms with Crippen molar-refractivity contribution < 1.29 is 14.6 Å². The second kappa shape index (κ2) is 9.82.